The van der Waals surface area contributed by atoms with Gasteiger partial charge in [-0.15, -0.1) is 0 Å². The summed E-state index contributed by atoms with van der Waals surface area (Å²) in [4.78, 5) is 0. The highest BCUT2D eigenvalue weighted by Crippen LogP contribution is 2.27. The second kappa shape index (κ2) is 6.35. The van der Waals surface area contributed by atoms with Gasteiger partial charge in [0, 0.05) is 16.7 Å². The first-order valence-corrected chi connectivity index (χ1v) is 6.38. The number of hydrogen-bond acceptors (Lipinski definition) is 4. The van der Waals surface area contributed by atoms with E-state index in [0.717, 1.165) is 15.7 Å². The summed E-state index contributed by atoms with van der Waals surface area (Å²) in [5.41, 5.74) is 6.73. The molecule has 0 atom stereocenters. The molecule has 0 saturated heterocycles. The number of aliphatic hydroxyl groups is 2. The Morgan fingerprint density at radius 3 is 2.41 bits per heavy atom. The molecule has 0 aliphatic heterocycles. The fraction of sp³-hybridized carbons (Fsp3) is 0.500. The van der Waals surface area contributed by atoms with Crippen molar-refractivity contribution in [1.82, 2.24) is 0 Å². The summed E-state index contributed by atoms with van der Waals surface area (Å²) < 4.78 is 0.875. The molecule has 0 fully saturated rings. The molecule has 4 nitrogen and oxygen atoms in total. The van der Waals surface area contributed by atoms with Gasteiger partial charge < -0.3 is 21.3 Å². The summed E-state index contributed by atoms with van der Waals surface area (Å²) in [6.45, 7) is 2.16. The lowest BCUT2D eigenvalue weighted by atomic mass is 9.98. The molecule has 1 aromatic carbocycles. The highest BCUT2D eigenvalue weighted by atomic mass is 79.9. The van der Waals surface area contributed by atoms with Gasteiger partial charge in [-0.05, 0) is 40.0 Å². The van der Waals surface area contributed by atoms with E-state index in [1.165, 1.54) is 0 Å². The van der Waals surface area contributed by atoms with Crippen LogP contribution in [-0.2, 0) is 6.54 Å². The van der Waals surface area contributed by atoms with Crippen LogP contribution in [0.25, 0.3) is 0 Å². The molecule has 0 aromatic heterocycles. The first-order chi connectivity index (χ1) is 8.10. The van der Waals surface area contributed by atoms with Gasteiger partial charge >= 0.3 is 0 Å². The van der Waals surface area contributed by atoms with Crippen LogP contribution in [0.15, 0.2) is 22.7 Å². The van der Waals surface area contributed by atoms with E-state index in [2.05, 4.69) is 21.2 Å². The normalized spacial score (nSPS) is 11.6. The fourth-order valence-electron chi connectivity index (χ4n) is 1.51. The van der Waals surface area contributed by atoms with Crippen molar-refractivity contribution in [3.8, 4) is 0 Å². The van der Waals surface area contributed by atoms with E-state index >= 15 is 0 Å². The number of hydrogen-bond donors (Lipinski definition) is 4. The first-order valence-electron chi connectivity index (χ1n) is 5.59. The number of nitrogens with one attached hydrogen (secondary N) is 1. The van der Waals surface area contributed by atoms with Crippen molar-refractivity contribution in [2.24, 2.45) is 5.73 Å². The summed E-state index contributed by atoms with van der Waals surface area (Å²) in [5, 5.41) is 21.9. The van der Waals surface area contributed by atoms with Crippen molar-refractivity contribution in [2.45, 2.75) is 25.4 Å². The molecule has 96 valence electrons. The van der Waals surface area contributed by atoms with Crippen LogP contribution in [-0.4, -0.2) is 29.0 Å². The molecule has 0 spiro atoms. The molecule has 5 heteroatoms. The predicted octanol–water partition coefficient (Wildman–Crippen LogP) is 1.45. The van der Waals surface area contributed by atoms with Crippen LogP contribution in [0.4, 0.5) is 5.69 Å². The Labute approximate surface area is 110 Å². The monoisotopic (exact) mass is 302 g/mol. The highest BCUT2D eigenvalue weighted by Gasteiger charge is 2.26. The number of nitrogens with two attached hydrogens (primary N) is 1. The molecule has 0 heterocycles. The molecule has 0 unspecified atom stereocenters. The van der Waals surface area contributed by atoms with Crippen molar-refractivity contribution in [2.75, 3.05) is 18.5 Å². The third-order valence-corrected chi connectivity index (χ3v) is 3.61. The highest BCUT2D eigenvalue weighted by molar-refractivity contribution is 9.10. The van der Waals surface area contributed by atoms with E-state index in [1.54, 1.807) is 0 Å². The van der Waals surface area contributed by atoms with E-state index in [1.807, 2.05) is 25.1 Å². The predicted molar refractivity (Wildman–Crippen MR) is 72.8 cm³/mol. The van der Waals surface area contributed by atoms with Crippen molar-refractivity contribution in [3.63, 3.8) is 0 Å². The van der Waals surface area contributed by atoms with Gasteiger partial charge in [0.2, 0.25) is 0 Å². The number of aliphatic hydroxyl groups excluding tert-OH is 2. The average molecular weight is 303 g/mol. The van der Waals surface area contributed by atoms with Crippen LogP contribution in [0, 0.1) is 0 Å². The second-order valence-corrected chi connectivity index (χ2v) is 4.95. The molecule has 5 N–H and O–H groups in total. The largest absolute Gasteiger partial charge is 0.394 e. The van der Waals surface area contributed by atoms with Gasteiger partial charge in [0.15, 0.2) is 0 Å². The van der Waals surface area contributed by atoms with E-state index < -0.39 is 5.54 Å². The van der Waals surface area contributed by atoms with E-state index in [4.69, 9.17) is 5.73 Å². The Hall–Kier alpha value is -0.620. The Balaban J connectivity index is 2.94. The van der Waals surface area contributed by atoms with E-state index in [0.29, 0.717) is 13.0 Å². The van der Waals surface area contributed by atoms with Gasteiger partial charge in [-0.2, -0.15) is 0 Å². The lowest BCUT2D eigenvalue weighted by Crippen LogP contribution is -2.45. The van der Waals surface area contributed by atoms with Crippen LogP contribution in [0.3, 0.4) is 0 Å². The van der Waals surface area contributed by atoms with Crippen LogP contribution in [0.1, 0.15) is 18.9 Å². The summed E-state index contributed by atoms with van der Waals surface area (Å²) >= 11 is 3.45. The second-order valence-electron chi connectivity index (χ2n) is 4.09. The van der Waals surface area contributed by atoms with E-state index in [9.17, 15) is 10.2 Å². The summed E-state index contributed by atoms with van der Waals surface area (Å²) in [6.07, 6.45) is 0.630. The third kappa shape index (κ3) is 3.42. The Morgan fingerprint density at radius 1 is 1.35 bits per heavy atom. The quantitative estimate of drug-likeness (QED) is 0.641. The van der Waals surface area contributed by atoms with Gasteiger partial charge in [-0.25, -0.2) is 0 Å². The molecular weight excluding hydrogens is 284 g/mol. The number of benzene rings is 1. The van der Waals surface area contributed by atoms with Crippen LogP contribution in [0.2, 0.25) is 0 Å². The van der Waals surface area contributed by atoms with E-state index in [-0.39, 0.29) is 13.2 Å². The van der Waals surface area contributed by atoms with Crippen LogP contribution < -0.4 is 11.1 Å². The van der Waals surface area contributed by atoms with Gasteiger partial charge in [0.05, 0.1) is 18.8 Å². The Kier molecular flexibility index (Phi) is 5.39. The van der Waals surface area contributed by atoms with Crippen molar-refractivity contribution in [3.05, 3.63) is 28.2 Å². The Morgan fingerprint density at radius 2 is 2.00 bits per heavy atom. The minimum atomic E-state index is -0.688. The lowest BCUT2D eigenvalue weighted by Gasteiger charge is -2.31. The molecule has 0 bridgehead atoms. The number of halogens is 1. The molecule has 17 heavy (non-hydrogen) atoms. The summed E-state index contributed by atoms with van der Waals surface area (Å²) in [6, 6.07) is 5.74. The maximum atomic E-state index is 9.37. The molecule has 0 aliphatic rings. The smallest absolute Gasteiger partial charge is 0.0832 e. The molecule has 1 aromatic rings. The summed E-state index contributed by atoms with van der Waals surface area (Å²) in [7, 11) is 0. The molecule has 0 radical (unpaired) electrons. The maximum Gasteiger partial charge on any atom is 0.0832 e. The fourth-order valence-corrected chi connectivity index (χ4v) is 2.04. The lowest BCUT2D eigenvalue weighted by molar-refractivity contribution is 0.132. The zero-order valence-corrected chi connectivity index (χ0v) is 11.5. The van der Waals surface area contributed by atoms with Crippen molar-refractivity contribution >= 4 is 21.6 Å². The number of rotatable bonds is 6. The topological polar surface area (TPSA) is 78.5 Å². The van der Waals surface area contributed by atoms with Crippen LogP contribution in [0.5, 0.6) is 0 Å². The van der Waals surface area contributed by atoms with Gasteiger partial charge in [-0.1, -0.05) is 13.0 Å². The van der Waals surface area contributed by atoms with Gasteiger partial charge in [-0.3, -0.25) is 0 Å². The minimum Gasteiger partial charge on any atom is -0.394 e. The minimum absolute atomic E-state index is 0.120. The van der Waals surface area contributed by atoms with Gasteiger partial charge in [0.1, 0.15) is 0 Å². The maximum absolute atomic E-state index is 9.37. The standard InChI is InChI=1S/C12H19BrN2O2/c1-2-12(7-16,8-17)15-11-4-3-9(6-14)5-10(11)13/h3-5,15-17H,2,6-8,14H2,1H3. The average Bonchev–Trinajstić information content (AvgIpc) is 2.38. The number of anilines is 1. The summed E-state index contributed by atoms with van der Waals surface area (Å²) in [5.74, 6) is 0. The van der Waals surface area contributed by atoms with Crippen molar-refractivity contribution in [1.29, 1.82) is 0 Å². The molecule has 0 aliphatic carbocycles. The first kappa shape index (κ1) is 14.4. The molecule has 1 rings (SSSR count). The third-order valence-electron chi connectivity index (χ3n) is 2.95. The van der Waals surface area contributed by atoms with Crippen molar-refractivity contribution < 1.29 is 10.2 Å². The Bertz CT molecular complexity index is 359. The van der Waals surface area contributed by atoms with Gasteiger partial charge in [0.25, 0.3) is 0 Å². The molecule has 0 saturated carbocycles. The zero-order valence-electron chi connectivity index (χ0n) is 9.91. The van der Waals surface area contributed by atoms with Crippen LogP contribution >= 0.6 is 15.9 Å². The molecule has 0 amide bonds. The molecular formula is C12H19BrN2O2. The SMILES string of the molecule is CCC(CO)(CO)Nc1ccc(CN)cc1Br. The zero-order chi connectivity index (χ0) is 12.9.